The summed E-state index contributed by atoms with van der Waals surface area (Å²) in [7, 11) is 0. The van der Waals surface area contributed by atoms with Crippen LogP contribution in [0.4, 0.5) is 0 Å². The van der Waals surface area contributed by atoms with Gasteiger partial charge in [0.05, 0.1) is 10.0 Å². The minimum absolute atomic E-state index is 0.0556. The quantitative estimate of drug-likeness (QED) is 0.918. The monoisotopic (exact) mass is 301 g/mol. The molecule has 1 aromatic rings. The molecule has 1 aromatic carbocycles. The van der Waals surface area contributed by atoms with Crippen molar-refractivity contribution in [1.29, 1.82) is 0 Å². The lowest BCUT2D eigenvalue weighted by atomic mass is 9.95. The first-order valence-corrected chi connectivity index (χ1v) is 7.28. The Morgan fingerprint density at radius 3 is 2.47 bits per heavy atom. The number of carbonyl (C=O) groups excluding carboxylic acids is 1. The van der Waals surface area contributed by atoms with Crippen molar-refractivity contribution in [3.8, 4) is 5.75 Å². The molecule has 0 atom stereocenters. The summed E-state index contributed by atoms with van der Waals surface area (Å²) in [5.41, 5.74) is 0. The molecular weight excluding hydrogens is 285 g/mol. The van der Waals surface area contributed by atoms with Crippen LogP contribution in [0, 0.1) is 0 Å². The van der Waals surface area contributed by atoms with Gasteiger partial charge in [-0.25, -0.2) is 0 Å². The smallest absolute Gasteiger partial charge is 0.258 e. The van der Waals surface area contributed by atoms with Crippen LogP contribution in [0.1, 0.15) is 32.1 Å². The van der Waals surface area contributed by atoms with Crippen LogP contribution in [0.2, 0.25) is 10.0 Å². The number of benzene rings is 1. The summed E-state index contributed by atoms with van der Waals surface area (Å²) >= 11 is 11.9. The molecule has 104 valence electrons. The fourth-order valence-corrected chi connectivity index (χ4v) is 2.78. The van der Waals surface area contributed by atoms with E-state index in [2.05, 4.69) is 5.32 Å². The maximum atomic E-state index is 11.8. The maximum absolute atomic E-state index is 11.8. The van der Waals surface area contributed by atoms with Crippen molar-refractivity contribution in [2.75, 3.05) is 6.61 Å². The van der Waals surface area contributed by atoms with Gasteiger partial charge in [0.2, 0.25) is 0 Å². The third kappa shape index (κ3) is 4.29. The molecule has 3 nitrogen and oxygen atoms in total. The van der Waals surface area contributed by atoms with Gasteiger partial charge in [0.15, 0.2) is 12.4 Å². The highest BCUT2D eigenvalue weighted by Gasteiger charge is 2.16. The first kappa shape index (κ1) is 14.5. The second-order valence-corrected chi connectivity index (χ2v) is 5.56. The van der Waals surface area contributed by atoms with Crippen LogP contribution < -0.4 is 10.1 Å². The van der Waals surface area contributed by atoms with Crippen molar-refractivity contribution < 1.29 is 9.53 Å². The zero-order chi connectivity index (χ0) is 13.7. The van der Waals surface area contributed by atoms with Crippen LogP contribution in [-0.4, -0.2) is 18.6 Å². The summed E-state index contributed by atoms with van der Waals surface area (Å²) in [5, 5.41) is 3.81. The normalized spacial score (nSPS) is 16.1. The Labute approximate surface area is 123 Å². The van der Waals surface area contributed by atoms with Gasteiger partial charge in [-0.2, -0.15) is 0 Å². The molecule has 0 spiro atoms. The zero-order valence-electron chi connectivity index (χ0n) is 10.6. The summed E-state index contributed by atoms with van der Waals surface area (Å²) in [4.78, 5) is 11.8. The van der Waals surface area contributed by atoms with Crippen molar-refractivity contribution in [2.24, 2.45) is 0 Å². The average molecular weight is 302 g/mol. The predicted octanol–water partition coefficient (Wildman–Crippen LogP) is 3.82. The molecule has 1 aliphatic carbocycles. The Kier molecular flexibility index (Phi) is 5.34. The Bertz CT molecular complexity index is 425. The van der Waals surface area contributed by atoms with Crippen LogP contribution >= 0.6 is 23.2 Å². The number of halogens is 2. The second kappa shape index (κ2) is 7.01. The Balaban J connectivity index is 1.83. The molecule has 19 heavy (non-hydrogen) atoms. The Morgan fingerprint density at radius 1 is 1.21 bits per heavy atom. The zero-order valence-corrected chi connectivity index (χ0v) is 12.1. The lowest BCUT2D eigenvalue weighted by Gasteiger charge is -2.22. The third-order valence-electron chi connectivity index (χ3n) is 3.24. The summed E-state index contributed by atoms with van der Waals surface area (Å²) in [6.45, 7) is -0.0556. The van der Waals surface area contributed by atoms with Gasteiger partial charge in [0, 0.05) is 6.04 Å². The summed E-state index contributed by atoms with van der Waals surface area (Å²) in [5.74, 6) is 0.243. The molecule has 0 saturated heterocycles. The van der Waals surface area contributed by atoms with E-state index >= 15 is 0 Å². The lowest BCUT2D eigenvalue weighted by molar-refractivity contribution is -0.124. The van der Waals surface area contributed by atoms with E-state index in [9.17, 15) is 4.79 Å². The Morgan fingerprint density at radius 2 is 1.84 bits per heavy atom. The SMILES string of the molecule is O=C(COc1c(Cl)cccc1Cl)NC1CCCCC1. The summed E-state index contributed by atoms with van der Waals surface area (Å²) in [6.07, 6.45) is 5.74. The highest BCUT2D eigenvalue weighted by Crippen LogP contribution is 2.32. The first-order valence-electron chi connectivity index (χ1n) is 6.53. The van der Waals surface area contributed by atoms with E-state index < -0.39 is 0 Å². The predicted molar refractivity (Wildman–Crippen MR) is 77.0 cm³/mol. The van der Waals surface area contributed by atoms with E-state index in [0.29, 0.717) is 15.8 Å². The van der Waals surface area contributed by atoms with E-state index in [4.69, 9.17) is 27.9 Å². The number of ether oxygens (including phenoxy) is 1. The van der Waals surface area contributed by atoms with Crippen LogP contribution in [-0.2, 0) is 4.79 Å². The van der Waals surface area contributed by atoms with Crippen molar-refractivity contribution in [1.82, 2.24) is 5.32 Å². The molecule has 1 fully saturated rings. The molecule has 0 unspecified atom stereocenters. The number of nitrogens with one attached hydrogen (secondary N) is 1. The molecule has 1 aliphatic rings. The van der Waals surface area contributed by atoms with Crippen molar-refractivity contribution in [3.63, 3.8) is 0 Å². The van der Waals surface area contributed by atoms with Gasteiger partial charge in [-0.15, -0.1) is 0 Å². The van der Waals surface area contributed by atoms with Gasteiger partial charge < -0.3 is 10.1 Å². The molecule has 0 bridgehead atoms. The topological polar surface area (TPSA) is 38.3 Å². The van der Waals surface area contributed by atoms with E-state index in [-0.39, 0.29) is 18.6 Å². The third-order valence-corrected chi connectivity index (χ3v) is 3.83. The van der Waals surface area contributed by atoms with Crippen molar-refractivity contribution in [3.05, 3.63) is 28.2 Å². The second-order valence-electron chi connectivity index (χ2n) is 4.74. The van der Waals surface area contributed by atoms with E-state index in [0.717, 1.165) is 12.8 Å². The highest BCUT2D eigenvalue weighted by atomic mass is 35.5. The maximum Gasteiger partial charge on any atom is 0.258 e. The van der Waals surface area contributed by atoms with E-state index in [1.54, 1.807) is 18.2 Å². The molecule has 0 aliphatic heterocycles. The molecule has 1 amide bonds. The van der Waals surface area contributed by atoms with Gasteiger partial charge in [0.1, 0.15) is 0 Å². The standard InChI is InChI=1S/C14H17Cl2NO2/c15-11-7-4-8-12(16)14(11)19-9-13(18)17-10-5-2-1-3-6-10/h4,7-8,10H,1-3,5-6,9H2,(H,17,18). The number of para-hydroxylation sites is 1. The van der Waals surface area contributed by atoms with Crippen LogP contribution in [0.5, 0.6) is 5.75 Å². The molecular formula is C14H17Cl2NO2. The van der Waals surface area contributed by atoms with Gasteiger partial charge in [0.25, 0.3) is 5.91 Å². The van der Waals surface area contributed by atoms with Crippen molar-refractivity contribution >= 4 is 29.1 Å². The van der Waals surface area contributed by atoms with Gasteiger partial charge in [-0.3, -0.25) is 4.79 Å². The largest absolute Gasteiger partial charge is 0.481 e. The average Bonchev–Trinajstić information content (AvgIpc) is 2.39. The van der Waals surface area contributed by atoms with Crippen molar-refractivity contribution in [2.45, 2.75) is 38.1 Å². The summed E-state index contributed by atoms with van der Waals surface area (Å²) < 4.78 is 5.39. The number of hydrogen-bond donors (Lipinski definition) is 1. The van der Waals surface area contributed by atoms with Crippen LogP contribution in [0.15, 0.2) is 18.2 Å². The van der Waals surface area contributed by atoms with E-state index in [1.807, 2.05) is 0 Å². The number of rotatable bonds is 4. The number of hydrogen-bond acceptors (Lipinski definition) is 2. The number of carbonyl (C=O) groups is 1. The fraction of sp³-hybridized carbons (Fsp3) is 0.500. The van der Waals surface area contributed by atoms with Crippen LogP contribution in [0.25, 0.3) is 0 Å². The lowest BCUT2D eigenvalue weighted by Crippen LogP contribution is -2.39. The fourth-order valence-electron chi connectivity index (χ4n) is 2.27. The van der Waals surface area contributed by atoms with Gasteiger partial charge in [-0.1, -0.05) is 48.5 Å². The Hall–Kier alpha value is -0.930. The molecule has 2 rings (SSSR count). The number of amides is 1. The van der Waals surface area contributed by atoms with Crippen LogP contribution in [0.3, 0.4) is 0 Å². The molecule has 0 heterocycles. The summed E-state index contributed by atoms with van der Waals surface area (Å²) in [6, 6.07) is 5.38. The molecule has 1 N–H and O–H groups in total. The molecule has 1 saturated carbocycles. The van der Waals surface area contributed by atoms with E-state index in [1.165, 1.54) is 19.3 Å². The first-order chi connectivity index (χ1) is 9.16. The molecule has 0 aromatic heterocycles. The molecule has 0 radical (unpaired) electrons. The molecule has 5 heteroatoms. The minimum atomic E-state index is -0.122. The van der Waals surface area contributed by atoms with Gasteiger partial charge in [-0.05, 0) is 25.0 Å². The van der Waals surface area contributed by atoms with Gasteiger partial charge >= 0.3 is 0 Å². The minimum Gasteiger partial charge on any atom is -0.481 e. The highest BCUT2D eigenvalue weighted by molar-refractivity contribution is 6.37.